The van der Waals surface area contributed by atoms with Crippen molar-refractivity contribution in [2.75, 3.05) is 6.61 Å². The first kappa shape index (κ1) is 19.9. The molecule has 0 aliphatic carbocycles. The highest BCUT2D eigenvalue weighted by Gasteiger charge is 2.24. The first-order chi connectivity index (χ1) is 12.3. The zero-order valence-electron chi connectivity index (χ0n) is 15.4. The molecule has 0 atom stereocenters. The molecule has 0 amide bonds. The Bertz CT molecular complexity index is 789. The average molecular weight is 377 g/mol. The van der Waals surface area contributed by atoms with Crippen LogP contribution < -0.4 is 0 Å². The van der Waals surface area contributed by atoms with E-state index in [2.05, 4.69) is 4.98 Å². The summed E-state index contributed by atoms with van der Waals surface area (Å²) in [4.78, 5) is 39.9. The highest BCUT2D eigenvalue weighted by Crippen LogP contribution is 2.20. The summed E-state index contributed by atoms with van der Waals surface area (Å²) in [6.07, 6.45) is 0.527. The molecule has 0 radical (unpaired) electrons. The van der Waals surface area contributed by atoms with Crippen molar-refractivity contribution in [3.63, 3.8) is 0 Å². The summed E-state index contributed by atoms with van der Waals surface area (Å²) >= 11 is 1.40. The number of ether oxygens (including phenoxy) is 2. The van der Waals surface area contributed by atoms with Crippen LogP contribution in [0.3, 0.4) is 0 Å². The molecule has 0 spiro atoms. The second-order valence-electron chi connectivity index (χ2n) is 6.22. The van der Waals surface area contributed by atoms with Crippen LogP contribution in [0.2, 0.25) is 0 Å². The van der Waals surface area contributed by atoms with Gasteiger partial charge in [-0.25, -0.2) is 9.59 Å². The normalized spacial score (nSPS) is 10.8. The number of hydrogen-bond donors (Lipinski definition) is 1. The molecule has 2 aromatic heterocycles. The SMILES string of the molecule is Cc1[nH]c(C(=O)OCCCC(=O)c2cccs2)c(C)c1C(=O)OC(C)C. The first-order valence-electron chi connectivity index (χ1n) is 8.45. The number of esters is 2. The van der Waals surface area contributed by atoms with Gasteiger partial charge in [-0.15, -0.1) is 11.3 Å². The maximum Gasteiger partial charge on any atom is 0.355 e. The molecule has 140 valence electrons. The van der Waals surface area contributed by atoms with Crippen molar-refractivity contribution in [3.05, 3.63) is 44.9 Å². The minimum atomic E-state index is -0.544. The number of aromatic amines is 1. The van der Waals surface area contributed by atoms with Gasteiger partial charge in [0.15, 0.2) is 5.78 Å². The van der Waals surface area contributed by atoms with Gasteiger partial charge in [0.05, 0.1) is 23.2 Å². The Labute approximate surface area is 156 Å². The highest BCUT2D eigenvalue weighted by atomic mass is 32.1. The molecule has 2 rings (SSSR count). The van der Waals surface area contributed by atoms with E-state index in [0.717, 1.165) is 0 Å². The lowest BCUT2D eigenvalue weighted by atomic mass is 10.1. The van der Waals surface area contributed by atoms with E-state index in [-0.39, 0.29) is 24.2 Å². The molecule has 0 unspecified atom stereocenters. The van der Waals surface area contributed by atoms with E-state index >= 15 is 0 Å². The van der Waals surface area contributed by atoms with E-state index in [1.807, 2.05) is 11.4 Å². The van der Waals surface area contributed by atoms with Crippen LogP contribution in [0.4, 0.5) is 0 Å². The van der Waals surface area contributed by atoms with Crippen LogP contribution in [-0.2, 0) is 9.47 Å². The molecule has 0 aliphatic rings. The Balaban J connectivity index is 1.91. The summed E-state index contributed by atoms with van der Waals surface area (Å²) in [7, 11) is 0. The number of ketones is 1. The number of H-pyrrole nitrogens is 1. The fourth-order valence-electron chi connectivity index (χ4n) is 2.56. The van der Waals surface area contributed by atoms with Crippen LogP contribution in [0.5, 0.6) is 0 Å². The number of carbonyl (C=O) groups is 3. The lowest BCUT2D eigenvalue weighted by Crippen LogP contribution is -2.13. The topological polar surface area (TPSA) is 85.5 Å². The zero-order chi connectivity index (χ0) is 19.3. The number of Topliss-reactive ketones (excluding diaryl/α,β-unsaturated/α-hetero) is 1. The summed E-state index contributed by atoms with van der Waals surface area (Å²) < 4.78 is 10.4. The van der Waals surface area contributed by atoms with Gasteiger partial charge in [0.1, 0.15) is 5.69 Å². The smallest absolute Gasteiger partial charge is 0.355 e. The molecule has 26 heavy (non-hydrogen) atoms. The molecular formula is C19H23NO5S. The summed E-state index contributed by atoms with van der Waals surface area (Å²) in [5, 5.41) is 1.85. The van der Waals surface area contributed by atoms with Crippen LogP contribution in [-0.4, -0.2) is 35.4 Å². The third kappa shape index (κ3) is 4.82. The Morgan fingerprint density at radius 1 is 1.19 bits per heavy atom. The van der Waals surface area contributed by atoms with Gasteiger partial charge in [-0.3, -0.25) is 4.79 Å². The molecule has 1 N–H and O–H groups in total. The maximum absolute atomic E-state index is 12.3. The third-order valence-corrected chi connectivity index (χ3v) is 4.68. The van der Waals surface area contributed by atoms with E-state index in [4.69, 9.17) is 9.47 Å². The number of aryl methyl sites for hydroxylation is 1. The summed E-state index contributed by atoms with van der Waals surface area (Å²) in [5.41, 5.74) is 1.67. The molecule has 0 aliphatic heterocycles. The van der Waals surface area contributed by atoms with E-state index in [1.165, 1.54) is 11.3 Å². The lowest BCUT2D eigenvalue weighted by Gasteiger charge is -2.08. The van der Waals surface area contributed by atoms with Gasteiger partial charge in [-0.2, -0.15) is 0 Å². The van der Waals surface area contributed by atoms with Crippen molar-refractivity contribution in [2.45, 2.75) is 46.6 Å². The van der Waals surface area contributed by atoms with E-state index in [1.54, 1.807) is 33.8 Å². The predicted octanol–water partition coefficient (Wildman–Crippen LogP) is 4.08. The van der Waals surface area contributed by atoms with Crippen LogP contribution in [0.25, 0.3) is 0 Å². The summed E-state index contributed by atoms with van der Waals surface area (Å²) in [6.45, 7) is 7.06. The number of hydrogen-bond acceptors (Lipinski definition) is 6. The fraction of sp³-hybridized carbons (Fsp3) is 0.421. The van der Waals surface area contributed by atoms with E-state index in [9.17, 15) is 14.4 Å². The number of carbonyl (C=O) groups excluding carboxylic acids is 3. The predicted molar refractivity (Wildman–Crippen MR) is 99.0 cm³/mol. The largest absolute Gasteiger partial charge is 0.461 e. The van der Waals surface area contributed by atoms with E-state index in [0.29, 0.717) is 34.5 Å². The molecule has 2 heterocycles. The molecule has 0 saturated carbocycles. The summed E-state index contributed by atoms with van der Waals surface area (Å²) in [5.74, 6) is -0.966. The Morgan fingerprint density at radius 3 is 2.54 bits per heavy atom. The quantitative estimate of drug-likeness (QED) is 0.426. The Morgan fingerprint density at radius 2 is 1.92 bits per heavy atom. The van der Waals surface area contributed by atoms with Gasteiger partial charge < -0.3 is 14.5 Å². The monoisotopic (exact) mass is 377 g/mol. The Hall–Kier alpha value is -2.41. The van der Waals surface area contributed by atoms with Gasteiger partial charge in [0.25, 0.3) is 0 Å². The molecular weight excluding hydrogens is 354 g/mol. The van der Waals surface area contributed by atoms with Crippen molar-refractivity contribution < 1.29 is 23.9 Å². The molecule has 0 fully saturated rings. The summed E-state index contributed by atoms with van der Waals surface area (Å²) in [6, 6.07) is 3.61. The van der Waals surface area contributed by atoms with E-state index < -0.39 is 11.9 Å². The van der Waals surface area contributed by atoms with Crippen molar-refractivity contribution in [3.8, 4) is 0 Å². The van der Waals surface area contributed by atoms with Gasteiger partial charge in [-0.1, -0.05) is 6.07 Å². The second-order valence-corrected chi connectivity index (χ2v) is 7.17. The zero-order valence-corrected chi connectivity index (χ0v) is 16.2. The number of thiophene rings is 1. The maximum atomic E-state index is 12.3. The van der Waals surface area contributed by atoms with Crippen molar-refractivity contribution in [1.82, 2.24) is 4.98 Å². The molecule has 6 nitrogen and oxygen atoms in total. The minimum Gasteiger partial charge on any atom is -0.461 e. The van der Waals surface area contributed by atoms with Crippen molar-refractivity contribution >= 4 is 29.1 Å². The first-order valence-corrected chi connectivity index (χ1v) is 9.33. The van der Waals surface area contributed by atoms with Gasteiger partial charge in [-0.05, 0) is 51.1 Å². The fourth-order valence-corrected chi connectivity index (χ4v) is 3.26. The molecule has 7 heteroatoms. The highest BCUT2D eigenvalue weighted by molar-refractivity contribution is 7.12. The van der Waals surface area contributed by atoms with Gasteiger partial charge in [0, 0.05) is 12.1 Å². The van der Waals surface area contributed by atoms with Crippen LogP contribution in [0.15, 0.2) is 17.5 Å². The number of aromatic nitrogens is 1. The number of nitrogens with one attached hydrogen (secondary N) is 1. The minimum absolute atomic E-state index is 0.0432. The standard InChI is InChI=1S/C19H23NO5S/c1-11(2)25-18(22)16-12(3)17(20-13(16)4)19(23)24-9-5-7-14(21)15-8-6-10-26-15/h6,8,10-11,20H,5,7,9H2,1-4H3. The number of rotatable bonds is 8. The van der Waals surface area contributed by atoms with Crippen LogP contribution >= 0.6 is 11.3 Å². The Kier molecular flexibility index (Phi) is 6.74. The average Bonchev–Trinajstić information content (AvgIpc) is 3.18. The molecule has 0 bridgehead atoms. The van der Waals surface area contributed by atoms with Crippen molar-refractivity contribution in [1.29, 1.82) is 0 Å². The van der Waals surface area contributed by atoms with Gasteiger partial charge >= 0.3 is 11.9 Å². The molecule has 0 saturated heterocycles. The molecule has 2 aromatic rings. The van der Waals surface area contributed by atoms with Gasteiger partial charge in [0.2, 0.25) is 0 Å². The molecule has 0 aromatic carbocycles. The van der Waals surface area contributed by atoms with Crippen LogP contribution in [0.1, 0.15) is 68.5 Å². The second kappa shape index (κ2) is 8.80. The van der Waals surface area contributed by atoms with Crippen molar-refractivity contribution in [2.24, 2.45) is 0 Å². The van der Waals surface area contributed by atoms with Crippen LogP contribution in [0, 0.1) is 13.8 Å². The third-order valence-electron chi connectivity index (χ3n) is 3.77. The lowest BCUT2D eigenvalue weighted by molar-refractivity contribution is 0.0376.